The molecule has 1 fully saturated rings. The standard InChI is InChI=1S/C13H25NO3/c1-14(8-7-13(16)17-2)10-12(15)9-11-5-3-4-6-11/h11-12,15H,3-10H2,1-2H3. The van der Waals surface area contributed by atoms with Crippen LogP contribution in [0.15, 0.2) is 0 Å². The van der Waals surface area contributed by atoms with Crippen LogP contribution in [0.5, 0.6) is 0 Å². The smallest absolute Gasteiger partial charge is 0.306 e. The first-order valence-corrected chi connectivity index (χ1v) is 6.55. The second-order valence-electron chi connectivity index (χ2n) is 5.13. The maximum Gasteiger partial charge on any atom is 0.306 e. The summed E-state index contributed by atoms with van der Waals surface area (Å²) in [5.41, 5.74) is 0. The third kappa shape index (κ3) is 6.03. The fourth-order valence-corrected chi connectivity index (χ4v) is 2.54. The van der Waals surface area contributed by atoms with Crippen molar-refractivity contribution in [3.05, 3.63) is 0 Å². The van der Waals surface area contributed by atoms with Gasteiger partial charge in [0.2, 0.25) is 0 Å². The van der Waals surface area contributed by atoms with E-state index in [1.54, 1.807) is 0 Å². The van der Waals surface area contributed by atoms with Crippen LogP contribution in [0.1, 0.15) is 38.5 Å². The number of aliphatic hydroxyl groups is 1. The molecule has 0 saturated heterocycles. The topological polar surface area (TPSA) is 49.8 Å². The molecule has 0 spiro atoms. The number of esters is 1. The number of hydrogen-bond donors (Lipinski definition) is 1. The molecule has 1 atom stereocenters. The molecule has 1 saturated carbocycles. The summed E-state index contributed by atoms with van der Waals surface area (Å²) >= 11 is 0. The fourth-order valence-electron chi connectivity index (χ4n) is 2.54. The van der Waals surface area contributed by atoms with Crippen LogP contribution in [0.2, 0.25) is 0 Å². The highest BCUT2D eigenvalue weighted by Crippen LogP contribution is 2.28. The molecule has 1 rings (SSSR count). The molecule has 0 aromatic carbocycles. The molecule has 0 bridgehead atoms. The van der Waals surface area contributed by atoms with Gasteiger partial charge in [-0.25, -0.2) is 0 Å². The average molecular weight is 243 g/mol. The third-order valence-electron chi connectivity index (χ3n) is 3.53. The van der Waals surface area contributed by atoms with E-state index in [0.29, 0.717) is 25.4 Å². The number of hydrogen-bond acceptors (Lipinski definition) is 4. The van der Waals surface area contributed by atoms with Gasteiger partial charge in [0.25, 0.3) is 0 Å². The minimum Gasteiger partial charge on any atom is -0.469 e. The van der Waals surface area contributed by atoms with Gasteiger partial charge in [0.05, 0.1) is 19.6 Å². The van der Waals surface area contributed by atoms with Crippen LogP contribution >= 0.6 is 0 Å². The van der Waals surface area contributed by atoms with Gasteiger partial charge in [0, 0.05) is 13.1 Å². The zero-order chi connectivity index (χ0) is 12.7. The Hall–Kier alpha value is -0.610. The Balaban J connectivity index is 2.11. The maximum atomic E-state index is 11.0. The van der Waals surface area contributed by atoms with E-state index >= 15 is 0 Å². The summed E-state index contributed by atoms with van der Waals surface area (Å²) in [6.45, 7) is 1.29. The molecule has 1 unspecified atom stereocenters. The van der Waals surface area contributed by atoms with Gasteiger partial charge in [-0.1, -0.05) is 25.7 Å². The molecular formula is C13H25NO3. The van der Waals surface area contributed by atoms with Crippen LogP contribution in [0.3, 0.4) is 0 Å². The lowest BCUT2D eigenvalue weighted by Gasteiger charge is -2.22. The van der Waals surface area contributed by atoms with Gasteiger partial charge in [-0.15, -0.1) is 0 Å². The number of rotatable bonds is 7. The van der Waals surface area contributed by atoms with E-state index in [1.807, 2.05) is 11.9 Å². The van der Waals surface area contributed by atoms with E-state index in [9.17, 15) is 9.90 Å². The highest BCUT2D eigenvalue weighted by atomic mass is 16.5. The van der Waals surface area contributed by atoms with Crippen molar-refractivity contribution in [2.45, 2.75) is 44.6 Å². The monoisotopic (exact) mass is 243 g/mol. The first-order valence-electron chi connectivity index (χ1n) is 6.55. The largest absolute Gasteiger partial charge is 0.469 e. The highest BCUT2D eigenvalue weighted by molar-refractivity contribution is 5.69. The zero-order valence-electron chi connectivity index (χ0n) is 11.0. The molecule has 100 valence electrons. The Morgan fingerprint density at radius 1 is 1.47 bits per heavy atom. The van der Waals surface area contributed by atoms with Crippen LogP contribution in [-0.2, 0) is 9.53 Å². The summed E-state index contributed by atoms with van der Waals surface area (Å²) < 4.78 is 4.59. The molecule has 17 heavy (non-hydrogen) atoms. The molecule has 0 heterocycles. The summed E-state index contributed by atoms with van der Waals surface area (Å²) in [5, 5.41) is 9.94. The minimum atomic E-state index is -0.263. The van der Waals surface area contributed by atoms with Crippen LogP contribution in [0, 0.1) is 5.92 Å². The summed E-state index contributed by atoms with van der Waals surface area (Å²) in [6, 6.07) is 0. The van der Waals surface area contributed by atoms with E-state index in [2.05, 4.69) is 4.74 Å². The van der Waals surface area contributed by atoms with Gasteiger partial charge >= 0.3 is 5.97 Å². The molecular weight excluding hydrogens is 218 g/mol. The van der Waals surface area contributed by atoms with Gasteiger partial charge in [-0.05, 0) is 19.4 Å². The molecule has 0 amide bonds. The first-order chi connectivity index (χ1) is 8.11. The zero-order valence-corrected chi connectivity index (χ0v) is 11.0. The Bertz CT molecular complexity index is 227. The lowest BCUT2D eigenvalue weighted by molar-refractivity contribution is -0.141. The van der Waals surface area contributed by atoms with E-state index in [4.69, 9.17) is 0 Å². The number of aliphatic hydroxyl groups excluding tert-OH is 1. The first kappa shape index (κ1) is 14.5. The van der Waals surface area contributed by atoms with Gasteiger partial charge < -0.3 is 14.7 Å². The molecule has 1 aliphatic carbocycles. The van der Waals surface area contributed by atoms with Crippen molar-refractivity contribution in [1.29, 1.82) is 0 Å². The van der Waals surface area contributed by atoms with Crippen LogP contribution < -0.4 is 0 Å². The Kier molecular flexibility index (Phi) is 6.52. The van der Waals surface area contributed by atoms with Crippen molar-refractivity contribution in [1.82, 2.24) is 4.90 Å². The Labute approximate surface area is 104 Å². The number of ether oxygens (including phenoxy) is 1. The normalized spacial score (nSPS) is 18.6. The highest BCUT2D eigenvalue weighted by Gasteiger charge is 2.19. The van der Waals surface area contributed by atoms with Gasteiger partial charge in [0.1, 0.15) is 0 Å². The second-order valence-corrected chi connectivity index (χ2v) is 5.13. The van der Waals surface area contributed by atoms with Crippen molar-refractivity contribution < 1.29 is 14.6 Å². The molecule has 0 aromatic heterocycles. The molecule has 0 aliphatic heterocycles. The van der Waals surface area contributed by atoms with Crippen molar-refractivity contribution in [2.24, 2.45) is 5.92 Å². The number of nitrogens with zero attached hydrogens (tertiary/aromatic N) is 1. The summed E-state index contributed by atoms with van der Waals surface area (Å²) in [5.74, 6) is 0.515. The van der Waals surface area contributed by atoms with Gasteiger partial charge in [-0.2, -0.15) is 0 Å². The van der Waals surface area contributed by atoms with E-state index in [-0.39, 0.29) is 12.1 Å². The van der Waals surface area contributed by atoms with E-state index in [0.717, 1.165) is 6.42 Å². The minimum absolute atomic E-state index is 0.192. The van der Waals surface area contributed by atoms with Crippen LogP contribution in [0.4, 0.5) is 0 Å². The molecule has 1 aliphatic rings. The number of carbonyl (C=O) groups is 1. The average Bonchev–Trinajstić information content (AvgIpc) is 2.78. The number of likely N-dealkylation sites (N-methyl/N-ethyl adjacent to an activating group) is 1. The number of carbonyl (C=O) groups excluding carboxylic acids is 1. The maximum absolute atomic E-state index is 11.0. The molecule has 4 heteroatoms. The fraction of sp³-hybridized carbons (Fsp3) is 0.923. The Morgan fingerprint density at radius 2 is 2.12 bits per heavy atom. The van der Waals surface area contributed by atoms with Crippen molar-refractivity contribution in [2.75, 3.05) is 27.2 Å². The summed E-state index contributed by atoms with van der Waals surface area (Å²) in [6.07, 6.45) is 6.20. The lowest BCUT2D eigenvalue weighted by Crippen LogP contribution is -2.32. The van der Waals surface area contributed by atoms with Gasteiger partial charge in [-0.3, -0.25) is 4.79 Å². The predicted molar refractivity (Wildman–Crippen MR) is 66.7 cm³/mol. The summed E-state index contributed by atoms with van der Waals surface area (Å²) in [4.78, 5) is 13.0. The SMILES string of the molecule is COC(=O)CCN(C)CC(O)CC1CCCC1. The summed E-state index contributed by atoms with van der Waals surface area (Å²) in [7, 11) is 3.33. The van der Waals surface area contributed by atoms with Crippen LogP contribution in [0.25, 0.3) is 0 Å². The van der Waals surface area contributed by atoms with E-state index in [1.165, 1.54) is 32.8 Å². The molecule has 1 N–H and O–H groups in total. The second kappa shape index (κ2) is 7.67. The van der Waals surface area contributed by atoms with E-state index < -0.39 is 0 Å². The van der Waals surface area contributed by atoms with Crippen molar-refractivity contribution in [3.63, 3.8) is 0 Å². The predicted octanol–water partition coefficient (Wildman–Crippen LogP) is 1.42. The van der Waals surface area contributed by atoms with Crippen molar-refractivity contribution >= 4 is 5.97 Å². The molecule has 0 aromatic rings. The quantitative estimate of drug-likeness (QED) is 0.687. The van der Waals surface area contributed by atoms with Crippen molar-refractivity contribution in [3.8, 4) is 0 Å². The molecule has 4 nitrogen and oxygen atoms in total. The lowest BCUT2D eigenvalue weighted by atomic mass is 10.00. The van der Waals surface area contributed by atoms with Crippen LogP contribution in [-0.4, -0.2) is 49.3 Å². The number of methoxy groups -OCH3 is 1. The van der Waals surface area contributed by atoms with Gasteiger partial charge in [0.15, 0.2) is 0 Å². The third-order valence-corrected chi connectivity index (χ3v) is 3.53. The Morgan fingerprint density at radius 3 is 2.71 bits per heavy atom. The molecule has 0 radical (unpaired) electrons.